The fraction of sp³-hybridized carbons (Fsp3) is 0.393. The van der Waals surface area contributed by atoms with Gasteiger partial charge in [-0.25, -0.2) is 9.59 Å². The summed E-state index contributed by atoms with van der Waals surface area (Å²) in [6.45, 7) is 2.07. The molecule has 0 aliphatic carbocycles. The molecule has 1 aromatic heterocycles. The van der Waals surface area contributed by atoms with Crippen molar-refractivity contribution >= 4 is 28.8 Å². The molecule has 0 unspecified atom stereocenters. The quantitative estimate of drug-likeness (QED) is 0.165. The summed E-state index contributed by atoms with van der Waals surface area (Å²) in [4.78, 5) is 35.7. The van der Waals surface area contributed by atoms with Crippen molar-refractivity contribution in [2.24, 2.45) is 0 Å². The van der Waals surface area contributed by atoms with Crippen LogP contribution in [0, 0.1) is 0 Å². The number of rotatable bonds is 14. The number of hydrogen-bond acceptors (Lipinski definition) is 6. The van der Waals surface area contributed by atoms with Crippen molar-refractivity contribution in [3.05, 3.63) is 59.8 Å². The van der Waals surface area contributed by atoms with Crippen molar-refractivity contribution in [1.29, 1.82) is 0 Å². The van der Waals surface area contributed by atoms with Gasteiger partial charge in [0.25, 0.3) is 0 Å². The molecule has 0 saturated heterocycles. The van der Waals surface area contributed by atoms with Gasteiger partial charge in [0.1, 0.15) is 18.1 Å². The van der Waals surface area contributed by atoms with Gasteiger partial charge >= 0.3 is 12.1 Å². The number of esters is 1. The molecule has 1 N–H and O–H groups in total. The van der Waals surface area contributed by atoms with Crippen molar-refractivity contribution in [2.45, 2.75) is 58.4 Å². The maximum Gasteiger partial charge on any atom is 0.511 e. The number of fused-ring (bicyclic) bond motifs is 1. The van der Waals surface area contributed by atoms with E-state index in [9.17, 15) is 14.4 Å². The lowest BCUT2D eigenvalue weighted by Gasteiger charge is -2.09. The molecule has 0 spiro atoms. The number of aryl methyl sites for hydroxylation is 1. The monoisotopic (exact) mass is 495 g/mol. The second-order valence-corrected chi connectivity index (χ2v) is 8.70. The zero-order chi connectivity index (χ0) is 25.9. The second-order valence-electron chi connectivity index (χ2n) is 8.70. The molecule has 3 aromatic rings. The van der Waals surface area contributed by atoms with E-state index >= 15 is 0 Å². The minimum atomic E-state index is -1.46. The Morgan fingerprint density at radius 1 is 0.917 bits per heavy atom. The Morgan fingerprint density at radius 3 is 2.31 bits per heavy atom. The fourth-order valence-corrected chi connectivity index (χ4v) is 4.11. The molecule has 0 amide bonds. The van der Waals surface area contributed by atoms with Crippen LogP contribution in [0.5, 0.6) is 11.5 Å². The highest BCUT2D eigenvalue weighted by atomic mass is 16.7. The minimum Gasteiger partial charge on any atom is -0.486 e. The SMILES string of the molecule is CCCCCCCCc1ccc(OCC(=O)Cn2cc(C(=O)OC)c3cc(OC(=O)O)ccc32)cc1. The first-order chi connectivity index (χ1) is 17.4. The summed E-state index contributed by atoms with van der Waals surface area (Å²) >= 11 is 0. The second kappa shape index (κ2) is 13.3. The van der Waals surface area contributed by atoms with Crippen molar-refractivity contribution < 1.29 is 33.7 Å². The predicted molar refractivity (Wildman–Crippen MR) is 136 cm³/mol. The number of carboxylic acid groups (broad SMARTS) is 1. The molecule has 0 aliphatic rings. The molecular formula is C28H33NO7. The Balaban J connectivity index is 1.57. The lowest BCUT2D eigenvalue weighted by molar-refractivity contribution is -0.121. The van der Waals surface area contributed by atoms with Crippen LogP contribution in [0.4, 0.5) is 4.79 Å². The summed E-state index contributed by atoms with van der Waals surface area (Å²) in [5.74, 6) is -0.105. The molecule has 0 atom stereocenters. The Labute approximate surface area is 210 Å². The molecule has 192 valence electrons. The van der Waals surface area contributed by atoms with Gasteiger partial charge in [0, 0.05) is 17.1 Å². The third-order valence-electron chi connectivity index (χ3n) is 5.95. The normalized spacial score (nSPS) is 10.8. The Kier molecular flexibility index (Phi) is 9.92. The van der Waals surface area contributed by atoms with Gasteiger partial charge in [-0.05, 0) is 48.7 Å². The van der Waals surface area contributed by atoms with Crippen molar-refractivity contribution in [3.8, 4) is 11.5 Å². The van der Waals surface area contributed by atoms with Gasteiger partial charge in [-0.3, -0.25) is 4.79 Å². The number of unbranched alkanes of at least 4 members (excludes halogenated alkanes) is 5. The number of methoxy groups -OCH3 is 1. The van der Waals surface area contributed by atoms with Crippen molar-refractivity contribution in [2.75, 3.05) is 13.7 Å². The molecule has 0 radical (unpaired) electrons. The third-order valence-corrected chi connectivity index (χ3v) is 5.95. The molecule has 0 aliphatic heterocycles. The van der Waals surface area contributed by atoms with Crippen LogP contribution in [0.15, 0.2) is 48.7 Å². The number of Topliss-reactive ketones (excluding diaryl/α,β-unsaturated/α-hetero) is 1. The van der Waals surface area contributed by atoms with Crippen molar-refractivity contribution in [1.82, 2.24) is 4.57 Å². The molecule has 36 heavy (non-hydrogen) atoms. The van der Waals surface area contributed by atoms with E-state index in [-0.39, 0.29) is 30.2 Å². The van der Waals surface area contributed by atoms with E-state index in [0.717, 1.165) is 6.42 Å². The zero-order valence-corrected chi connectivity index (χ0v) is 20.8. The van der Waals surface area contributed by atoms with Gasteiger partial charge < -0.3 is 23.9 Å². The minimum absolute atomic E-state index is 0.0251. The van der Waals surface area contributed by atoms with Crippen LogP contribution in [-0.4, -0.2) is 41.3 Å². The number of nitrogens with zero attached hydrogens (tertiary/aromatic N) is 1. The summed E-state index contributed by atoms with van der Waals surface area (Å²) < 4.78 is 16.8. The van der Waals surface area contributed by atoms with Gasteiger partial charge in [0.05, 0.1) is 19.2 Å². The van der Waals surface area contributed by atoms with E-state index in [1.54, 1.807) is 10.6 Å². The first kappa shape index (κ1) is 26.8. The third kappa shape index (κ3) is 7.60. The van der Waals surface area contributed by atoms with E-state index in [1.807, 2.05) is 24.3 Å². The maximum atomic E-state index is 12.6. The molecule has 3 rings (SSSR count). The Bertz CT molecular complexity index is 1180. The van der Waals surface area contributed by atoms with Gasteiger partial charge in [0.2, 0.25) is 0 Å². The highest BCUT2D eigenvalue weighted by Crippen LogP contribution is 2.27. The number of benzene rings is 2. The number of ether oxygens (including phenoxy) is 3. The maximum absolute atomic E-state index is 12.6. The average molecular weight is 496 g/mol. The number of aromatic nitrogens is 1. The van der Waals surface area contributed by atoms with Crippen LogP contribution >= 0.6 is 0 Å². The Hall–Kier alpha value is -3.81. The van der Waals surface area contributed by atoms with Crippen LogP contribution in [-0.2, 0) is 22.5 Å². The molecule has 0 fully saturated rings. The van der Waals surface area contributed by atoms with Crippen LogP contribution in [0.3, 0.4) is 0 Å². The summed E-state index contributed by atoms with van der Waals surface area (Å²) in [5.41, 5.74) is 2.03. The lowest BCUT2D eigenvalue weighted by atomic mass is 10.0. The zero-order valence-electron chi connectivity index (χ0n) is 20.8. The van der Waals surface area contributed by atoms with Gasteiger partial charge in [-0.15, -0.1) is 0 Å². The van der Waals surface area contributed by atoms with Gasteiger partial charge in [0.15, 0.2) is 5.78 Å². The van der Waals surface area contributed by atoms with Crippen LogP contribution in [0.25, 0.3) is 10.9 Å². The lowest BCUT2D eigenvalue weighted by Crippen LogP contribution is -2.17. The molecule has 1 heterocycles. The summed E-state index contributed by atoms with van der Waals surface area (Å²) in [7, 11) is 1.25. The molecule has 0 bridgehead atoms. The van der Waals surface area contributed by atoms with E-state index < -0.39 is 12.1 Å². The standard InChI is InChI=1S/C28H33NO7/c1-3-4-5-6-7-8-9-20-10-12-22(13-11-20)35-19-21(30)17-29-18-25(27(31)34-2)24-16-23(36-28(32)33)14-15-26(24)29/h10-16,18H,3-9,17,19H2,1-2H3,(H,32,33). The van der Waals surface area contributed by atoms with Crippen molar-refractivity contribution in [3.63, 3.8) is 0 Å². The van der Waals surface area contributed by atoms with Gasteiger partial charge in [-0.1, -0.05) is 51.2 Å². The first-order valence-corrected chi connectivity index (χ1v) is 12.3. The van der Waals surface area contributed by atoms with Crippen LogP contribution in [0.1, 0.15) is 61.4 Å². The van der Waals surface area contributed by atoms with Gasteiger partial charge in [-0.2, -0.15) is 0 Å². The fourth-order valence-electron chi connectivity index (χ4n) is 4.11. The smallest absolute Gasteiger partial charge is 0.486 e. The van der Waals surface area contributed by atoms with Crippen LogP contribution < -0.4 is 9.47 Å². The first-order valence-electron chi connectivity index (χ1n) is 12.3. The number of carbonyl (C=O) groups excluding carboxylic acids is 2. The predicted octanol–water partition coefficient (Wildman–Crippen LogP) is 6.04. The highest BCUT2D eigenvalue weighted by Gasteiger charge is 2.18. The average Bonchev–Trinajstić information content (AvgIpc) is 3.22. The van der Waals surface area contributed by atoms with E-state index in [0.29, 0.717) is 16.7 Å². The molecular weight excluding hydrogens is 462 g/mol. The topological polar surface area (TPSA) is 104 Å². The molecule has 0 saturated carbocycles. The largest absolute Gasteiger partial charge is 0.511 e. The Morgan fingerprint density at radius 2 is 1.61 bits per heavy atom. The molecule has 8 heteroatoms. The number of ketones is 1. The number of hydrogen-bond donors (Lipinski definition) is 1. The van der Waals surface area contributed by atoms with E-state index in [1.165, 1.54) is 69.5 Å². The summed E-state index contributed by atoms with van der Waals surface area (Å²) in [5, 5.41) is 9.28. The summed E-state index contributed by atoms with van der Waals surface area (Å²) in [6.07, 6.45) is 8.65. The van der Waals surface area contributed by atoms with E-state index in [2.05, 4.69) is 11.7 Å². The molecule has 2 aromatic carbocycles. The highest BCUT2D eigenvalue weighted by molar-refractivity contribution is 6.05. The van der Waals surface area contributed by atoms with E-state index in [4.69, 9.17) is 14.6 Å². The number of carbonyl (C=O) groups is 3. The van der Waals surface area contributed by atoms with Crippen LogP contribution in [0.2, 0.25) is 0 Å². The summed E-state index contributed by atoms with van der Waals surface area (Å²) in [6, 6.07) is 12.3. The molecule has 8 nitrogen and oxygen atoms in total.